The number of nitrogens with one attached hydrogen (secondary N) is 1. The Kier molecular flexibility index (Phi) is 2.37. The van der Waals surface area contributed by atoms with Crippen LogP contribution in [0.3, 0.4) is 0 Å². The molecule has 1 aliphatic carbocycles. The highest BCUT2D eigenvalue weighted by molar-refractivity contribution is 6.06. The molecule has 0 radical (unpaired) electrons. The van der Waals surface area contributed by atoms with Gasteiger partial charge in [-0.1, -0.05) is 30.8 Å². The van der Waals surface area contributed by atoms with Crippen molar-refractivity contribution in [3.8, 4) is 0 Å². The topological polar surface area (TPSA) is 46.2 Å². The summed E-state index contributed by atoms with van der Waals surface area (Å²) in [5, 5.41) is 2.62. The molecule has 2 rings (SSSR count). The molecule has 0 fully saturated rings. The summed E-state index contributed by atoms with van der Waals surface area (Å²) < 4.78 is 0. The maximum atomic E-state index is 11.8. The van der Waals surface area contributed by atoms with Gasteiger partial charge in [0.15, 0.2) is 5.78 Å². The van der Waals surface area contributed by atoms with Gasteiger partial charge in [-0.05, 0) is 11.6 Å². The number of fused-ring (bicyclic) bond motifs is 1. The first-order valence-electron chi connectivity index (χ1n) is 4.77. The molecule has 0 aromatic heterocycles. The number of carbonyl (C=O) groups is 2. The van der Waals surface area contributed by atoms with Crippen molar-refractivity contribution in [3.63, 3.8) is 0 Å². The largest absolute Gasteiger partial charge is 0.342 e. The Hall–Kier alpha value is -1.90. The third-order valence-corrected chi connectivity index (χ3v) is 2.53. The van der Waals surface area contributed by atoms with Crippen molar-refractivity contribution in [2.75, 3.05) is 0 Å². The van der Waals surface area contributed by atoms with E-state index >= 15 is 0 Å². The molecule has 1 amide bonds. The molecule has 0 saturated carbocycles. The molecule has 1 aliphatic rings. The van der Waals surface area contributed by atoms with Gasteiger partial charge in [0.2, 0.25) is 5.91 Å². The SMILES string of the molecule is C=CC(=O)NC1Cc2ccccc2C1=O. The summed E-state index contributed by atoms with van der Waals surface area (Å²) in [7, 11) is 0. The summed E-state index contributed by atoms with van der Waals surface area (Å²) in [6, 6.07) is 7.00. The quantitative estimate of drug-likeness (QED) is 0.728. The molecule has 1 unspecified atom stereocenters. The van der Waals surface area contributed by atoms with Crippen LogP contribution in [0.1, 0.15) is 15.9 Å². The van der Waals surface area contributed by atoms with E-state index in [0.29, 0.717) is 12.0 Å². The lowest BCUT2D eigenvalue weighted by atomic mass is 10.1. The van der Waals surface area contributed by atoms with Crippen LogP contribution in [0, 0.1) is 0 Å². The Bertz CT molecular complexity index is 437. The number of rotatable bonds is 2. The normalized spacial score (nSPS) is 18.4. The van der Waals surface area contributed by atoms with E-state index < -0.39 is 6.04 Å². The Morgan fingerprint density at radius 1 is 1.47 bits per heavy atom. The third kappa shape index (κ3) is 1.68. The fourth-order valence-electron chi connectivity index (χ4n) is 1.79. The van der Waals surface area contributed by atoms with Crippen molar-refractivity contribution in [2.45, 2.75) is 12.5 Å². The summed E-state index contributed by atoms with van der Waals surface area (Å²) in [6.45, 7) is 3.35. The summed E-state index contributed by atoms with van der Waals surface area (Å²) in [4.78, 5) is 22.9. The van der Waals surface area contributed by atoms with Crippen LogP contribution < -0.4 is 5.32 Å². The molecule has 1 atom stereocenters. The highest BCUT2D eigenvalue weighted by Gasteiger charge is 2.30. The lowest BCUT2D eigenvalue weighted by molar-refractivity contribution is -0.116. The minimum atomic E-state index is -0.423. The Balaban J connectivity index is 2.20. The van der Waals surface area contributed by atoms with Crippen molar-refractivity contribution in [2.24, 2.45) is 0 Å². The summed E-state index contributed by atoms with van der Waals surface area (Å²) in [5.74, 6) is -0.318. The van der Waals surface area contributed by atoms with Crippen LogP contribution in [0.25, 0.3) is 0 Å². The van der Waals surface area contributed by atoms with Crippen LogP contribution in [0.15, 0.2) is 36.9 Å². The molecular formula is C12H11NO2. The molecule has 76 valence electrons. The molecule has 15 heavy (non-hydrogen) atoms. The van der Waals surface area contributed by atoms with E-state index in [4.69, 9.17) is 0 Å². The Morgan fingerprint density at radius 3 is 2.87 bits per heavy atom. The van der Waals surface area contributed by atoms with Gasteiger partial charge in [-0.25, -0.2) is 0 Å². The zero-order valence-electron chi connectivity index (χ0n) is 8.19. The number of amides is 1. The highest BCUT2D eigenvalue weighted by Crippen LogP contribution is 2.21. The first-order valence-corrected chi connectivity index (χ1v) is 4.77. The van der Waals surface area contributed by atoms with Gasteiger partial charge in [-0.15, -0.1) is 0 Å². The maximum Gasteiger partial charge on any atom is 0.243 e. The van der Waals surface area contributed by atoms with Gasteiger partial charge >= 0.3 is 0 Å². The first-order chi connectivity index (χ1) is 7.22. The van der Waals surface area contributed by atoms with Gasteiger partial charge in [0.25, 0.3) is 0 Å². The van der Waals surface area contributed by atoms with Gasteiger partial charge < -0.3 is 5.32 Å². The summed E-state index contributed by atoms with van der Waals surface area (Å²) in [6.07, 6.45) is 1.75. The minimum absolute atomic E-state index is 0.0131. The molecule has 0 saturated heterocycles. The second kappa shape index (κ2) is 3.69. The molecule has 1 N–H and O–H groups in total. The highest BCUT2D eigenvalue weighted by atomic mass is 16.2. The fraction of sp³-hybridized carbons (Fsp3) is 0.167. The van der Waals surface area contributed by atoms with Gasteiger partial charge in [-0.2, -0.15) is 0 Å². The standard InChI is InChI=1S/C12H11NO2/c1-2-11(14)13-10-7-8-5-3-4-6-9(8)12(10)15/h2-6,10H,1,7H2,(H,13,14). The Morgan fingerprint density at radius 2 is 2.20 bits per heavy atom. The summed E-state index contributed by atoms with van der Waals surface area (Å²) >= 11 is 0. The first kappa shape index (κ1) is 9.65. The molecule has 3 heteroatoms. The number of benzene rings is 1. The van der Waals surface area contributed by atoms with Crippen LogP contribution in [-0.4, -0.2) is 17.7 Å². The maximum absolute atomic E-state index is 11.8. The number of hydrogen-bond acceptors (Lipinski definition) is 2. The van der Waals surface area contributed by atoms with E-state index in [-0.39, 0.29) is 11.7 Å². The number of Topliss-reactive ketones (excluding diaryl/α,β-unsaturated/α-hetero) is 1. The van der Waals surface area contributed by atoms with Crippen LogP contribution in [0.4, 0.5) is 0 Å². The molecule has 0 aliphatic heterocycles. The second-order valence-corrected chi connectivity index (χ2v) is 3.49. The van der Waals surface area contributed by atoms with E-state index in [0.717, 1.165) is 5.56 Å². The Labute approximate surface area is 87.8 Å². The van der Waals surface area contributed by atoms with Gasteiger partial charge in [0, 0.05) is 12.0 Å². The molecular weight excluding hydrogens is 190 g/mol. The molecule has 0 spiro atoms. The van der Waals surface area contributed by atoms with Gasteiger partial charge in [0.1, 0.15) is 0 Å². The van der Waals surface area contributed by atoms with Crippen molar-refractivity contribution in [3.05, 3.63) is 48.0 Å². The average Bonchev–Trinajstić information content (AvgIpc) is 2.57. The molecule has 1 aromatic rings. The molecule has 1 aromatic carbocycles. The van der Waals surface area contributed by atoms with Crippen LogP contribution in [0.2, 0.25) is 0 Å². The van der Waals surface area contributed by atoms with Gasteiger partial charge in [0.05, 0.1) is 6.04 Å². The van der Waals surface area contributed by atoms with Crippen molar-refractivity contribution in [1.29, 1.82) is 0 Å². The zero-order valence-corrected chi connectivity index (χ0v) is 8.19. The second-order valence-electron chi connectivity index (χ2n) is 3.49. The lowest BCUT2D eigenvalue weighted by Crippen LogP contribution is -2.37. The monoisotopic (exact) mass is 201 g/mol. The van der Waals surface area contributed by atoms with Crippen molar-refractivity contribution < 1.29 is 9.59 Å². The minimum Gasteiger partial charge on any atom is -0.342 e. The molecule has 3 nitrogen and oxygen atoms in total. The van der Waals surface area contributed by atoms with Crippen LogP contribution >= 0.6 is 0 Å². The summed E-state index contributed by atoms with van der Waals surface area (Å²) in [5.41, 5.74) is 1.71. The third-order valence-electron chi connectivity index (χ3n) is 2.53. The zero-order chi connectivity index (χ0) is 10.8. The molecule has 0 bridgehead atoms. The van der Waals surface area contributed by atoms with E-state index in [9.17, 15) is 9.59 Å². The van der Waals surface area contributed by atoms with Gasteiger partial charge in [-0.3, -0.25) is 9.59 Å². The van der Waals surface area contributed by atoms with E-state index in [2.05, 4.69) is 11.9 Å². The predicted octanol–water partition coefficient (Wildman–Crippen LogP) is 1.10. The number of hydrogen-bond donors (Lipinski definition) is 1. The molecule has 0 heterocycles. The van der Waals surface area contributed by atoms with E-state index in [1.165, 1.54) is 6.08 Å². The number of carbonyl (C=O) groups excluding carboxylic acids is 2. The fourth-order valence-corrected chi connectivity index (χ4v) is 1.79. The van der Waals surface area contributed by atoms with E-state index in [1.54, 1.807) is 6.07 Å². The lowest BCUT2D eigenvalue weighted by Gasteiger charge is -2.07. The van der Waals surface area contributed by atoms with Crippen LogP contribution in [-0.2, 0) is 11.2 Å². The number of ketones is 1. The predicted molar refractivity (Wildman–Crippen MR) is 56.6 cm³/mol. The van der Waals surface area contributed by atoms with Crippen LogP contribution in [0.5, 0.6) is 0 Å². The van der Waals surface area contributed by atoms with Crippen molar-refractivity contribution in [1.82, 2.24) is 5.32 Å². The van der Waals surface area contributed by atoms with E-state index in [1.807, 2.05) is 18.2 Å². The average molecular weight is 201 g/mol. The smallest absolute Gasteiger partial charge is 0.243 e. The van der Waals surface area contributed by atoms with Crippen molar-refractivity contribution >= 4 is 11.7 Å².